The quantitative estimate of drug-likeness (QED) is 0.692. The van der Waals surface area contributed by atoms with Crippen LogP contribution in [-0.2, 0) is 14.3 Å². The SMILES string of the molecule is [CH2]C(C)OC(=O)[C@@H](NC(=O)[C@@H](N)C(C)C)C(C)C. The number of nitrogens with one attached hydrogen (secondary N) is 1. The van der Waals surface area contributed by atoms with Crippen molar-refractivity contribution in [3.8, 4) is 0 Å². The van der Waals surface area contributed by atoms with Crippen molar-refractivity contribution in [2.45, 2.75) is 52.8 Å². The fourth-order valence-corrected chi connectivity index (χ4v) is 1.32. The Hall–Kier alpha value is -1.10. The van der Waals surface area contributed by atoms with Crippen LogP contribution in [0.1, 0.15) is 34.6 Å². The van der Waals surface area contributed by atoms with E-state index >= 15 is 0 Å². The topological polar surface area (TPSA) is 81.4 Å². The van der Waals surface area contributed by atoms with Gasteiger partial charge in [0.2, 0.25) is 5.91 Å². The van der Waals surface area contributed by atoms with Crippen LogP contribution < -0.4 is 11.1 Å². The van der Waals surface area contributed by atoms with Crippen LogP contribution in [-0.4, -0.2) is 30.1 Å². The summed E-state index contributed by atoms with van der Waals surface area (Å²) < 4.78 is 5.01. The lowest BCUT2D eigenvalue weighted by Gasteiger charge is -2.24. The van der Waals surface area contributed by atoms with Crippen LogP contribution in [0.4, 0.5) is 0 Å². The van der Waals surface area contributed by atoms with Crippen molar-refractivity contribution in [3.63, 3.8) is 0 Å². The molecule has 5 heteroatoms. The Balaban J connectivity index is 4.64. The van der Waals surface area contributed by atoms with E-state index in [9.17, 15) is 9.59 Å². The Kier molecular flexibility index (Phi) is 6.91. The van der Waals surface area contributed by atoms with E-state index in [2.05, 4.69) is 12.2 Å². The molecule has 1 unspecified atom stereocenters. The van der Waals surface area contributed by atoms with Gasteiger partial charge in [-0.15, -0.1) is 0 Å². The summed E-state index contributed by atoms with van der Waals surface area (Å²) >= 11 is 0. The second-order valence-electron chi connectivity index (χ2n) is 5.25. The first-order valence-electron chi connectivity index (χ1n) is 6.26. The van der Waals surface area contributed by atoms with Gasteiger partial charge in [-0.2, -0.15) is 0 Å². The van der Waals surface area contributed by atoms with Gasteiger partial charge in [-0.3, -0.25) is 4.79 Å². The Morgan fingerprint density at radius 3 is 1.94 bits per heavy atom. The van der Waals surface area contributed by atoms with Gasteiger partial charge in [0.15, 0.2) is 0 Å². The van der Waals surface area contributed by atoms with Crippen LogP contribution in [0.15, 0.2) is 0 Å². The number of amides is 1. The summed E-state index contributed by atoms with van der Waals surface area (Å²) in [7, 11) is 0. The third-order valence-corrected chi connectivity index (χ3v) is 2.56. The minimum absolute atomic E-state index is 0.0144. The van der Waals surface area contributed by atoms with Crippen molar-refractivity contribution >= 4 is 11.9 Å². The van der Waals surface area contributed by atoms with Crippen molar-refractivity contribution < 1.29 is 14.3 Å². The molecule has 1 amide bonds. The fraction of sp³-hybridized carbons (Fsp3) is 0.769. The molecule has 0 spiro atoms. The number of rotatable bonds is 6. The van der Waals surface area contributed by atoms with Gasteiger partial charge in [-0.05, 0) is 25.7 Å². The van der Waals surface area contributed by atoms with Gasteiger partial charge in [-0.1, -0.05) is 27.7 Å². The molecule has 0 saturated heterocycles. The van der Waals surface area contributed by atoms with E-state index in [0.717, 1.165) is 0 Å². The van der Waals surface area contributed by atoms with Gasteiger partial charge >= 0.3 is 5.97 Å². The number of ether oxygens (including phenoxy) is 1. The van der Waals surface area contributed by atoms with Crippen LogP contribution >= 0.6 is 0 Å². The predicted octanol–water partition coefficient (Wildman–Crippen LogP) is 0.876. The molecule has 0 aliphatic rings. The average Bonchev–Trinajstić information content (AvgIpc) is 2.22. The number of carbonyl (C=O) groups is 2. The summed E-state index contributed by atoms with van der Waals surface area (Å²) in [5.74, 6) is -0.866. The molecule has 0 bridgehead atoms. The minimum Gasteiger partial charge on any atom is -0.461 e. The Morgan fingerprint density at radius 2 is 1.61 bits per heavy atom. The third kappa shape index (κ3) is 5.49. The van der Waals surface area contributed by atoms with Gasteiger partial charge in [-0.25, -0.2) is 4.79 Å². The number of nitrogens with two attached hydrogens (primary N) is 1. The number of hydrogen-bond acceptors (Lipinski definition) is 4. The highest BCUT2D eigenvalue weighted by atomic mass is 16.5. The first-order valence-corrected chi connectivity index (χ1v) is 6.26. The maximum atomic E-state index is 11.8. The molecule has 18 heavy (non-hydrogen) atoms. The molecule has 0 heterocycles. The molecule has 0 saturated carbocycles. The lowest BCUT2D eigenvalue weighted by molar-refractivity contribution is -0.152. The van der Waals surface area contributed by atoms with Gasteiger partial charge in [0.25, 0.3) is 0 Å². The van der Waals surface area contributed by atoms with E-state index < -0.39 is 24.2 Å². The molecule has 0 rings (SSSR count). The average molecular weight is 257 g/mol. The molecule has 3 atom stereocenters. The summed E-state index contributed by atoms with van der Waals surface area (Å²) in [4.78, 5) is 23.6. The summed E-state index contributed by atoms with van der Waals surface area (Å²) in [5.41, 5.74) is 5.73. The molecule has 0 aromatic heterocycles. The van der Waals surface area contributed by atoms with Crippen molar-refractivity contribution in [2.24, 2.45) is 17.6 Å². The number of carbonyl (C=O) groups excluding carboxylic acids is 2. The Labute approximate surface area is 109 Å². The molecular formula is C13H25N2O3. The van der Waals surface area contributed by atoms with Crippen molar-refractivity contribution in [1.29, 1.82) is 0 Å². The predicted molar refractivity (Wildman–Crippen MR) is 70.5 cm³/mol. The van der Waals surface area contributed by atoms with Crippen molar-refractivity contribution in [1.82, 2.24) is 5.32 Å². The highest BCUT2D eigenvalue weighted by Gasteiger charge is 2.29. The number of esters is 1. The molecule has 0 fully saturated rings. The van der Waals surface area contributed by atoms with Crippen LogP contribution in [0.25, 0.3) is 0 Å². The van der Waals surface area contributed by atoms with Crippen LogP contribution in [0, 0.1) is 18.8 Å². The highest BCUT2D eigenvalue weighted by molar-refractivity contribution is 5.87. The highest BCUT2D eigenvalue weighted by Crippen LogP contribution is 2.07. The van der Waals surface area contributed by atoms with Gasteiger partial charge < -0.3 is 15.8 Å². The molecule has 0 aliphatic heterocycles. The zero-order chi connectivity index (χ0) is 14.5. The molecule has 3 N–H and O–H groups in total. The maximum Gasteiger partial charge on any atom is 0.329 e. The molecular weight excluding hydrogens is 232 g/mol. The van der Waals surface area contributed by atoms with E-state index in [1.165, 1.54) is 0 Å². The summed E-state index contributed by atoms with van der Waals surface area (Å²) in [6.07, 6.45) is -0.450. The third-order valence-electron chi connectivity index (χ3n) is 2.56. The Morgan fingerprint density at radius 1 is 1.11 bits per heavy atom. The lowest BCUT2D eigenvalue weighted by atomic mass is 10.0. The van der Waals surface area contributed by atoms with E-state index in [1.54, 1.807) is 6.92 Å². The largest absolute Gasteiger partial charge is 0.461 e. The first kappa shape index (κ1) is 16.9. The van der Waals surface area contributed by atoms with Crippen LogP contribution in [0.3, 0.4) is 0 Å². The van der Waals surface area contributed by atoms with Crippen molar-refractivity contribution in [2.75, 3.05) is 0 Å². The maximum absolute atomic E-state index is 11.8. The molecule has 0 aromatic rings. The van der Waals surface area contributed by atoms with E-state index in [4.69, 9.17) is 10.5 Å². The van der Waals surface area contributed by atoms with E-state index in [0.29, 0.717) is 0 Å². The summed E-state index contributed by atoms with van der Waals surface area (Å²) in [6.45, 7) is 12.6. The van der Waals surface area contributed by atoms with Crippen LogP contribution in [0.5, 0.6) is 0 Å². The van der Waals surface area contributed by atoms with Crippen molar-refractivity contribution in [3.05, 3.63) is 6.92 Å². The normalized spacial score (nSPS) is 14.8. The van der Waals surface area contributed by atoms with Crippen LogP contribution in [0.2, 0.25) is 0 Å². The minimum atomic E-state index is -0.688. The van der Waals surface area contributed by atoms with Gasteiger partial charge in [0, 0.05) is 0 Å². The number of hydrogen-bond donors (Lipinski definition) is 2. The zero-order valence-corrected chi connectivity index (χ0v) is 11.9. The molecule has 0 aromatic carbocycles. The Bertz CT molecular complexity index is 288. The monoisotopic (exact) mass is 257 g/mol. The fourth-order valence-electron chi connectivity index (χ4n) is 1.32. The second kappa shape index (κ2) is 7.36. The summed E-state index contributed by atoms with van der Waals surface area (Å²) in [6, 6.07) is -1.32. The first-order chi connectivity index (χ1) is 8.16. The standard InChI is InChI=1S/C13H25N2O3/c1-7(2)10(14)12(16)15-11(8(3)4)13(17)18-9(5)6/h7-11H,5,14H2,1-4,6H3,(H,15,16)/t9?,10-,11-/m0/s1. The zero-order valence-electron chi connectivity index (χ0n) is 11.9. The molecule has 5 nitrogen and oxygen atoms in total. The molecule has 0 aliphatic carbocycles. The molecule has 1 radical (unpaired) electrons. The van der Waals surface area contributed by atoms with E-state index in [1.807, 2.05) is 27.7 Å². The van der Waals surface area contributed by atoms with E-state index in [-0.39, 0.29) is 17.7 Å². The summed E-state index contributed by atoms with van der Waals surface area (Å²) in [5, 5.41) is 2.64. The molecule has 105 valence electrons. The van der Waals surface area contributed by atoms with Gasteiger partial charge in [0.1, 0.15) is 6.04 Å². The second-order valence-corrected chi connectivity index (χ2v) is 5.25. The lowest BCUT2D eigenvalue weighted by Crippen LogP contribution is -2.52. The smallest absolute Gasteiger partial charge is 0.329 e. The van der Waals surface area contributed by atoms with Gasteiger partial charge in [0.05, 0.1) is 12.1 Å².